The first-order valence-electron chi connectivity index (χ1n) is 8.05. The summed E-state index contributed by atoms with van der Waals surface area (Å²) in [6.07, 6.45) is 0.430. The van der Waals surface area contributed by atoms with Gasteiger partial charge in [-0.2, -0.15) is 0 Å². The minimum Gasteiger partial charge on any atom is -0.497 e. The van der Waals surface area contributed by atoms with Crippen molar-refractivity contribution in [2.75, 3.05) is 27.4 Å². The number of urea groups is 1. The molecule has 0 spiro atoms. The predicted molar refractivity (Wildman–Crippen MR) is 90.0 cm³/mol. The molecule has 1 atom stereocenters. The van der Waals surface area contributed by atoms with Crippen LogP contribution in [0.5, 0.6) is 5.75 Å². The topological polar surface area (TPSA) is 97.0 Å². The molecule has 1 aliphatic heterocycles. The van der Waals surface area contributed by atoms with Crippen molar-refractivity contribution in [2.24, 2.45) is 0 Å². The van der Waals surface area contributed by atoms with Gasteiger partial charge in [0.25, 0.3) is 5.91 Å². The van der Waals surface area contributed by atoms with Crippen molar-refractivity contribution in [3.63, 3.8) is 0 Å². The molecule has 0 aromatic heterocycles. The minimum atomic E-state index is -0.668. The Morgan fingerprint density at radius 1 is 1.24 bits per heavy atom. The summed E-state index contributed by atoms with van der Waals surface area (Å²) in [5.41, 5.74) is 0.822. The van der Waals surface area contributed by atoms with Crippen LogP contribution in [0.1, 0.15) is 18.4 Å². The molecule has 1 saturated heterocycles. The summed E-state index contributed by atoms with van der Waals surface area (Å²) in [5, 5.41) is 5.31. The van der Waals surface area contributed by atoms with Gasteiger partial charge in [-0.05, 0) is 24.1 Å². The number of carbonyl (C=O) groups is 3. The smallest absolute Gasteiger partial charge is 0.325 e. The molecule has 8 heteroatoms. The van der Waals surface area contributed by atoms with E-state index >= 15 is 0 Å². The van der Waals surface area contributed by atoms with Gasteiger partial charge >= 0.3 is 6.03 Å². The fourth-order valence-electron chi connectivity index (χ4n) is 2.49. The lowest BCUT2D eigenvalue weighted by atomic mass is 10.1. The molecule has 0 unspecified atom stereocenters. The van der Waals surface area contributed by atoms with Crippen molar-refractivity contribution in [3.8, 4) is 5.75 Å². The van der Waals surface area contributed by atoms with E-state index in [1.807, 2.05) is 0 Å². The van der Waals surface area contributed by atoms with Crippen LogP contribution in [0.2, 0.25) is 0 Å². The van der Waals surface area contributed by atoms with E-state index in [2.05, 4.69) is 10.6 Å². The second kappa shape index (κ2) is 9.03. The molecule has 25 heavy (non-hydrogen) atoms. The van der Waals surface area contributed by atoms with Gasteiger partial charge in [0, 0.05) is 20.1 Å². The molecule has 1 aromatic carbocycles. The summed E-state index contributed by atoms with van der Waals surface area (Å²) in [6, 6.07) is 6.04. The van der Waals surface area contributed by atoms with E-state index in [4.69, 9.17) is 9.47 Å². The summed E-state index contributed by atoms with van der Waals surface area (Å²) in [5.74, 6) is 0.219. The lowest BCUT2D eigenvalue weighted by molar-refractivity contribution is -0.128. The number of imide groups is 1. The maximum Gasteiger partial charge on any atom is 0.325 e. The number of nitrogens with zero attached hydrogens (tertiary/aromatic N) is 1. The van der Waals surface area contributed by atoms with Gasteiger partial charge in [0.15, 0.2) is 0 Å². The summed E-state index contributed by atoms with van der Waals surface area (Å²) in [6.45, 7) is 1.04. The van der Waals surface area contributed by atoms with Crippen molar-refractivity contribution in [3.05, 3.63) is 29.8 Å². The van der Waals surface area contributed by atoms with Crippen LogP contribution in [0, 0.1) is 0 Å². The van der Waals surface area contributed by atoms with Gasteiger partial charge < -0.3 is 20.1 Å². The Bertz CT molecular complexity index is 617. The Kier molecular flexibility index (Phi) is 6.76. The second-order valence-electron chi connectivity index (χ2n) is 5.66. The van der Waals surface area contributed by atoms with Gasteiger partial charge in [-0.15, -0.1) is 0 Å². The maximum atomic E-state index is 12.4. The van der Waals surface area contributed by atoms with Gasteiger partial charge in [0.05, 0.1) is 20.3 Å². The Morgan fingerprint density at radius 2 is 1.96 bits per heavy atom. The highest BCUT2D eigenvalue weighted by molar-refractivity contribution is 6.04. The number of hydrogen-bond donors (Lipinski definition) is 2. The molecule has 2 N–H and O–H groups in total. The summed E-state index contributed by atoms with van der Waals surface area (Å²) in [7, 11) is 3.12. The third-order valence-electron chi connectivity index (χ3n) is 3.90. The molecule has 1 heterocycles. The van der Waals surface area contributed by atoms with Crippen LogP contribution in [0.4, 0.5) is 4.79 Å². The lowest BCUT2D eigenvalue weighted by Gasteiger charge is -2.13. The molecule has 1 aromatic rings. The molecule has 4 amide bonds. The molecule has 0 saturated carbocycles. The first kappa shape index (κ1) is 18.7. The van der Waals surface area contributed by atoms with Crippen molar-refractivity contribution in [2.45, 2.75) is 25.4 Å². The van der Waals surface area contributed by atoms with E-state index in [9.17, 15) is 14.4 Å². The largest absolute Gasteiger partial charge is 0.497 e. The second-order valence-corrected chi connectivity index (χ2v) is 5.66. The van der Waals surface area contributed by atoms with Gasteiger partial charge in [-0.25, -0.2) is 4.79 Å². The van der Waals surface area contributed by atoms with E-state index in [1.165, 1.54) is 0 Å². The fraction of sp³-hybridized carbons (Fsp3) is 0.471. The third-order valence-corrected chi connectivity index (χ3v) is 3.90. The van der Waals surface area contributed by atoms with Crippen LogP contribution >= 0.6 is 0 Å². The average molecular weight is 349 g/mol. The van der Waals surface area contributed by atoms with Gasteiger partial charge in [-0.1, -0.05) is 12.1 Å². The monoisotopic (exact) mass is 349 g/mol. The number of nitrogens with one attached hydrogen (secondary N) is 2. The van der Waals surface area contributed by atoms with Gasteiger partial charge in [-0.3, -0.25) is 14.5 Å². The molecular formula is C17H23N3O5. The molecule has 1 aliphatic rings. The number of rotatable bonds is 9. The minimum absolute atomic E-state index is 0.163. The molecule has 0 aliphatic carbocycles. The Labute approximate surface area is 146 Å². The zero-order chi connectivity index (χ0) is 18.2. The molecule has 136 valence electrons. The Hall–Kier alpha value is -2.61. The highest BCUT2D eigenvalue weighted by Crippen LogP contribution is 2.17. The van der Waals surface area contributed by atoms with Crippen molar-refractivity contribution in [1.82, 2.24) is 15.5 Å². The summed E-state index contributed by atoms with van der Waals surface area (Å²) < 4.78 is 9.93. The van der Waals surface area contributed by atoms with Crippen LogP contribution in [-0.2, 0) is 20.9 Å². The van der Waals surface area contributed by atoms with Crippen molar-refractivity contribution >= 4 is 17.8 Å². The third kappa shape index (κ3) is 5.18. The number of methoxy groups -OCH3 is 2. The van der Waals surface area contributed by atoms with Gasteiger partial charge in [0.2, 0.25) is 5.91 Å². The van der Waals surface area contributed by atoms with E-state index in [-0.39, 0.29) is 31.2 Å². The number of benzene rings is 1. The molecular weight excluding hydrogens is 326 g/mol. The van der Waals surface area contributed by atoms with Gasteiger partial charge in [0.1, 0.15) is 11.8 Å². The molecule has 2 rings (SSSR count). The van der Waals surface area contributed by atoms with Crippen molar-refractivity contribution in [1.29, 1.82) is 0 Å². The average Bonchev–Trinajstić information content (AvgIpc) is 2.88. The lowest BCUT2D eigenvalue weighted by Crippen LogP contribution is -2.33. The highest BCUT2D eigenvalue weighted by atomic mass is 16.5. The first-order valence-corrected chi connectivity index (χ1v) is 8.05. The molecule has 0 radical (unpaired) electrons. The normalized spacial score (nSPS) is 16.7. The summed E-state index contributed by atoms with van der Waals surface area (Å²) in [4.78, 5) is 37.3. The maximum absolute atomic E-state index is 12.4. The number of carbonyl (C=O) groups excluding carboxylic acids is 3. The van der Waals surface area contributed by atoms with Crippen LogP contribution in [0.15, 0.2) is 24.3 Å². The number of ether oxygens (including phenoxy) is 2. The highest BCUT2D eigenvalue weighted by Gasteiger charge is 2.37. The standard InChI is InChI=1S/C17H23N3O5/c1-24-10-9-18-15(21)8-7-14-16(22)20(17(23)19-14)11-12-3-5-13(25-2)6-4-12/h3-6,14H,7-11H2,1-2H3,(H,18,21)(H,19,23)/t14-/m0/s1. The summed E-state index contributed by atoms with van der Waals surface area (Å²) >= 11 is 0. The van der Waals surface area contributed by atoms with E-state index < -0.39 is 12.1 Å². The van der Waals surface area contributed by atoms with E-state index in [0.717, 1.165) is 10.5 Å². The number of amides is 4. The fourth-order valence-corrected chi connectivity index (χ4v) is 2.49. The van der Waals surface area contributed by atoms with Crippen LogP contribution in [0.3, 0.4) is 0 Å². The first-order chi connectivity index (χ1) is 12.0. The van der Waals surface area contributed by atoms with E-state index in [1.54, 1.807) is 38.5 Å². The van der Waals surface area contributed by atoms with Crippen LogP contribution < -0.4 is 15.4 Å². The van der Waals surface area contributed by atoms with Crippen molar-refractivity contribution < 1.29 is 23.9 Å². The Morgan fingerprint density at radius 3 is 2.60 bits per heavy atom. The number of hydrogen-bond acceptors (Lipinski definition) is 5. The zero-order valence-corrected chi connectivity index (χ0v) is 14.4. The Balaban J connectivity index is 1.85. The van der Waals surface area contributed by atoms with Crippen LogP contribution in [-0.4, -0.2) is 56.2 Å². The van der Waals surface area contributed by atoms with E-state index in [0.29, 0.717) is 18.9 Å². The zero-order valence-electron chi connectivity index (χ0n) is 14.4. The molecule has 8 nitrogen and oxygen atoms in total. The quantitative estimate of drug-likeness (QED) is 0.504. The molecule has 0 bridgehead atoms. The van der Waals surface area contributed by atoms with Crippen LogP contribution in [0.25, 0.3) is 0 Å². The molecule has 1 fully saturated rings. The predicted octanol–water partition coefficient (Wildman–Crippen LogP) is 0.658. The SMILES string of the molecule is COCCNC(=O)CC[C@@H]1NC(=O)N(Cc2ccc(OC)cc2)C1=O.